The topological polar surface area (TPSA) is 57.2 Å². The van der Waals surface area contributed by atoms with E-state index in [0.29, 0.717) is 17.1 Å². The third-order valence-corrected chi connectivity index (χ3v) is 4.77. The third-order valence-electron chi connectivity index (χ3n) is 4.51. The Morgan fingerprint density at radius 2 is 1.68 bits per heavy atom. The van der Waals surface area contributed by atoms with Gasteiger partial charge in [-0.2, -0.15) is 5.10 Å². The van der Waals surface area contributed by atoms with Crippen LogP contribution in [0.5, 0.6) is 0 Å². The van der Waals surface area contributed by atoms with Crippen molar-refractivity contribution in [2.24, 2.45) is 5.10 Å². The van der Waals surface area contributed by atoms with Gasteiger partial charge in [0.1, 0.15) is 5.69 Å². The van der Waals surface area contributed by atoms with E-state index in [9.17, 15) is 4.79 Å². The van der Waals surface area contributed by atoms with Crippen molar-refractivity contribution in [3.05, 3.63) is 106 Å². The fourth-order valence-corrected chi connectivity index (χ4v) is 3.27. The number of amides is 1. The van der Waals surface area contributed by atoms with Gasteiger partial charge in [0.25, 0.3) is 5.91 Å². The molecule has 4 aromatic rings. The molecule has 0 aliphatic carbocycles. The Hall–Kier alpha value is -3.37. The van der Waals surface area contributed by atoms with Gasteiger partial charge in [-0.15, -0.1) is 0 Å². The largest absolute Gasteiger partial charge is 0.350 e. The molecule has 4 rings (SSSR count). The van der Waals surface area contributed by atoms with Crippen LogP contribution >= 0.6 is 11.6 Å². The van der Waals surface area contributed by atoms with Gasteiger partial charge in [-0.05, 0) is 34.9 Å². The molecular weight excluding hydrogens is 370 g/mol. The fourth-order valence-electron chi connectivity index (χ4n) is 3.15. The van der Waals surface area contributed by atoms with Crippen LogP contribution in [-0.2, 0) is 6.42 Å². The Balaban J connectivity index is 1.60. The first kappa shape index (κ1) is 18.0. The number of para-hydroxylation sites is 1. The molecule has 0 spiro atoms. The standard InChI is InChI=1S/C23H18ClN3O/c24-18-12-10-17(11-13-18)15-25-27-23(28)22-20(14-16-6-2-1-3-7-16)19-8-4-5-9-21(19)26-22/h1-13,15,26H,14H2,(H,27,28). The molecule has 0 bridgehead atoms. The van der Waals surface area contributed by atoms with E-state index in [0.717, 1.165) is 27.6 Å². The van der Waals surface area contributed by atoms with Gasteiger partial charge >= 0.3 is 0 Å². The number of nitrogens with zero attached hydrogens (tertiary/aromatic N) is 1. The highest BCUT2D eigenvalue weighted by molar-refractivity contribution is 6.30. The summed E-state index contributed by atoms with van der Waals surface area (Å²) in [5.41, 5.74) is 7.03. The van der Waals surface area contributed by atoms with Crippen molar-refractivity contribution in [2.75, 3.05) is 0 Å². The minimum atomic E-state index is -0.271. The van der Waals surface area contributed by atoms with E-state index in [4.69, 9.17) is 11.6 Å². The molecule has 1 aromatic heterocycles. The SMILES string of the molecule is O=C(NN=Cc1ccc(Cl)cc1)c1[nH]c2ccccc2c1Cc1ccccc1. The van der Waals surface area contributed by atoms with Crippen molar-refractivity contribution in [1.29, 1.82) is 0 Å². The number of benzene rings is 3. The summed E-state index contributed by atoms with van der Waals surface area (Å²) in [7, 11) is 0. The summed E-state index contributed by atoms with van der Waals surface area (Å²) in [6.07, 6.45) is 2.25. The van der Waals surface area contributed by atoms with Crippen LogP contribution in [0.15, 0.2) is 84.0 Å². The molecule has 138 valence electrons. The van der Waals surface area contributed by atoms with Crippen molar-refractivity contribution in [3.63, 3.8) is 0 Å². The fraction of sp³-hybridized carbons (Fsp3) is 0.0435. The second-order valence-electron chi connectivity index (χ2n) is 6.44. The van der Waals surface area contributed by atoms with Crippen LogP contribution in [0, 0.1) is 0 Å². The minimum absolute atomic E-state index is 0.271. The zero-order chi connectivity index (χ0) is 19.3. The number of hydrogen-bond donors (Lipinski definition) is 2. The van der Waals surface area contributed by atoms with Gasteiger partial charge in [0.15, 0.2) is 0 Å². The van der Waals surface area contributed by atoms with Gasteiger partial charge in [-0.25, -0.2) is 5.43 Å². The highest BCUT2D eigenvalue weighted by Crippen LogP contribution is 2.25. The Labute approximate surface area is 167 Å². The van der Waals surface area contributed by atoms with Crippen LogP contribution in [0.1, 0.15) is 27.2 Å². The highest BCUT2D eigenvalue weighted by Gasteiger charge is 2.17. The molecule has 1 amide bonds. The maximum Gasteiger partial charge on any atom is 0.288 e. The number of fused-ring (bicyclic) bond motifs is 1. The van der Waals surface area contributed by atoms with E-state index < -0.39 is 0 Å². The molecule has 0 atom stereocenters. The lowest BCUT2D eigenvalue weighted by atomic mass is 10.0. The van der Waals surface area contributed by atoms with Crippen LogP contribution in [0.3, 0.4) is 0 Å². The van der Waals surface area contributed by atoms with Gasteiger partial charge < -0.3 is 4.98 Å². The highest BCUT2D eigenvalue weighted by atomic mass is 35.5. The van der Waals surface area contributed by atoms with Gasteiger partial charge in [-0.3, -0.25) is 4.79 Å². The second-order valence-corrected chi connectivity index (χ2v) is 6.87. The molecule has 28 heavy (non-hydrogen) atoms. The summed E-state index contributed by atoms with van der Waals surface area (Å²) < 4.78 is 0. The number of aromatic nitrogens is 1. The van der Waals surface area contributed by atoms with Crippen LogP contribution < -0.4 is 5.43 Å². The molecule has 1 heterocycles. The van der Waals surface area contributed by atoms with E-state index >= 15 is 0 Å². The lowest BCUT2D eigenvalue weighted by Gasteiger charge is -2.04. The summed E-state index contributed by atoms with van der Waals surface area (Å²) in [5.74, 6) is -0.271. The third kappa shape index (κ3) is 3.97. The first-order chi connectivity index (χ1) is 13.7. The molecule has 0 saturated carbocycles. The predicted molar refractivity (Wildman–Crippen MR) is 114 cm³/mol. The zero-order valence-corrected chi connectivity index (χ0v) is 15.8. The maximum atomic E-state index is 12.8. The van der Waals surface area contributed by atoms with E-state index in [1.165, 1.54) is 0 Å². The second kappa shape index (κ2) is 8.11. The Morgan fingerprint density at radius 1 is 0.964 bits per heavy atom. The number of hydrazone groups is 1. The van der Waals surface area contributed by atoms with Crippen molar-refractivity contribution in [1.82, 2.24) is 10.4 Å². The van der Waals surface area contributed by atoms with Crippen LogP contribution in [0.2, 0.25) is 5.02 Å². The Bertz CT molecular complexity index is 1130. The van der Waals surface area contributed by atoms with Crippen molar-refractivity contribution < 1.29 is 4.79 Å². The van der Waals surface area contributed by atoms with E-state index in [-0.39, 0.29) is 5.91 Å². The molecule has 3 aromatic carbocycles. The van der Waals surface area contributed by atoms with E-state index in [1.54, 1.807) is 18.3 Å². The number of halogens is 1. The number of carbonyl (C=O) groups is 1. The molecule has 0 fully saturated rings. The average molecular weight is 388 g/mol. The first-order valence-electron chi connectivity index (χ1n) is 8.93. The van der Waals surface area contributed by atoms with Gasteiger partial charge in [0.2, 0.25) is 0 Å². The molecule has 0 aliphatic heterocycles. The summed E-state index contributed by atoms with van der Waals surface area (Å²) in [5, 5.41) is 5.78. The Morgan fingerprint density at radius 3 is 2.46 bits per heavy atom. The summed E-state index contributed by atoms with van der Waals surface area (Å²) in [6, 6.07) is 25.2. The van der Waals surface area contributed by atoms with E-state index in [2.05, 4.69) is 27.6 Å². The van der Waals surface area contributed by atoms with Gasteiger partial charge in [-0.1, -0.05) is 72.3 Å². The first-order valence-corrected chi connectivity index (χ1v) is 9.31. The lowest BCUT2D eigenvalue weighted by Crippen LogP contribution is -2.19. The number of nitrogens with one attached hydrogen (secondary N) is 2. The monoisotopic (exact) mass is 387 g/mol. The average Bonchev–Trinajstić information content (AvgIpc) is 3.09. The van der Waals surface area contributed by atoms with E-state index in [1.807, 2.05) is 54.6 Å². The van der Waals surface area contributed by atoms with Crippen molar-refractivity contribution in [3.8, 4) is 0 Å². The summed E-state index contributed by atoms with van der Waals surface area (Å²) >= 11 is 5.88. The normalized spacial score (nSPS) is 11.2. The summed E-state index contributed by atoms with van der Waals surface area (Å²) in [6.45, 7) is 0. The number of H-pyrrole nitrogens is 1. The number of rotatable bonds is 5. The molecule has 0 aliphatic rings. The molecule has 4 nitrogen and oxygen atoms in total. The smallest absolute Gasteiger partial charge is 0.288 e. The molecule has 5 heteroatoms. The number of aromatic amines is 1. The van der Waals surface area contributed by atoms with Gasteiger partial charge in [0, 0.05) is 22.3 Å². The summed E-state index contributed by atoms with van der Waals surface area (Å²) in [4.78, 5) is 16.0. The number of hydrogen-bond acceptors (Lipinski definition) is 2. The van der Waals surface area contributed by atoms with Crippen LogP contribution in [0.25, 0.3) is 10.9 Å². The maximum absolute atomic E-state index is 12.8. The van der Waals surface area contributed by atoms with Crippen LogP contribution in [-0.4, -0.2) is 17.1 Å². The lowest BCUT2D eigenvalue weighted by molar-refractivity contribution is 0.0950. The zero-order valence-electron chi connectivity index (χ0n) is 15.0. The molecule has 0 unspecified atom stereocenters. The van der Waals surface area contributed by atoms with Crippen molar-refractivity contribution >= 4 is 34.6 Å². The number of carbonyl (C=O) groups excluding carboxylic acids is 1. The molecule has 0 radical (unpaired) electrons. The van der Waals surface area contributed by atoms with Gasteiger partial charge in [0.05, 0.1) is 6.21 Å². The molecule has 0 saturated heterocycles. The quantitative estimate of drug-likeness (QED) is 0.360. The molecular formula is C23H18ClN3O. The minimum Gasteiger partial charge on any atom is -0.350 e. The predicted octanol–water partition coefficient (Wildman–Crippen LogP) is 5.18. The van der Waals surface area contributed by atoms with Crippen LogP contribution in [0.4, 0.5) is 0 Å². The Kier molecular flexibility index (Phi) is 5.22. The van der Waals surface area contributed by atoms with Crippen molar-refractivity contribution in [2.45, 2.75) is 6.42 Å². The molecule has 2 N–H and O–H groups in total.